The Morgan fingerprint density at radius 3 is 2.43 bits per heavy atom. The number of ether oxygens (including phenoxy) is 1. The number of nitrogens with zero attached hydrogens (tertiary/aromatic N) is 2. The van der Waals surface area contributed by atoms with Crippen molar-refractivity contribution in [3.8, 4) is 0 Å². The Morgan fingerprint density at radius 1 is 1.14 bits per heavy atom. The lowest BCUT2D eigenvalue weighted by molar-refractivity contribution is -0.132. The van der Waals surface area contributed by atoms with Gasteiger partial charge in [0.1, 0.15) is 5.54 Å². The summed E-state index contributed by atoms with van der Waals surface area (Å²) in [5, 5.41) is 2.90. The summed E-state index contributed by atoms with van der Waals surface area (Å²) < 4.78 is 5.29. The zero-order chi connectivity index (χ0) is 18.6. The predicted octanol–water partition coefficient (Wildman–Crippen LogP) is 1.29. The molecule has 3 N–H and O–H groups in total. The van der Waals surface area contributed by atoms with Crippen LogP contribution in [0.2, 0.25) is 0 Å². The number of carbonyl (C=O) groups is 2. The molecule has 0 spiro atoms. The molecule has 2 amide bonds. The first-order valence-electron chi connectivity index (χ1n) is 9.20. The highest BCUT2D eigenvalue weighted by atomic mass is 35.5. The molecule has 2 aliphatic heterocycles. The van der Waals surface area contributed by atoms with Gasteiger partial charge < -0.3 is 25.6 Å². The zero-order valence-corrected chi connectivity index (χ0v) is 17.8. The Morgan fingerprint density at radius 2 is 1.79 bits per heavy atom. The number of hydrogen-bond acceptors (Lipinski definition) is 5. The Kier molecular flexibility index (Phi) is 9.66. The summed E-state index contributed by atoms with van der Waals surface area (Å²) in [6.45, 7) is 4.36. The largest absolute Gasteiger partial charge is 0.381 e. The predicted molar refractivity (Wildman–Crippen MR) is 114 cm³/mol. The van der Waals surface area contributed by atoms with Crippen LogP contribution in [0.15, 0.2) is 24.3 Å². The number of rotatable bonds is 4. The zero-order valence-electron chi connectivity index (χ0n) is 16.2. The average Bonchev–Trinajstić information content (AvgIpc) is 2.63. The maximum Gasteiger partial charge on any atom is 0.244 e. The molecule has 0 aromatic heterocycles. The minimum absolute atomic E-state index is 0. The summed E-state index contributed by atoms with van der Waals surface area (Å²) in [5.74, 6) is -0.0651. The maximum absolute atomic E-state index is 12.5. The van der Waals surface area contributed by atoms with Crippen LogP contribution in [0.5, 0.6) is 0 Å². The molecule has 0 radical (unpaired) electrons. The number of likely N-dealkylation sites (N-methyl/N-ethyl adjacent to an activating group) is 1. The molecule has 2 fully saturated rings. The lowest BCUT2D eigenvalue weighted by Crippen LogP contribution is -2.54. The van der Waals surface area contributed by atoms with Gasteiger partial charge in [0, 0.05) is 45.1 Å². The number of benzene rings is 1. The summed E-state index contributed by atoms with van der Waals surface area (Å²) in [6, 6.07) is 7.45. The van der Waals surface area contributed by atoms with E-state index in [0.717, 1.165) is 31.7 Å². The van der Waals surface area contributed by atoms with Gasteiger partial charge in [0.15, 0.2) is 0 Å². The van der Waals surface area contributed by atoms with E-state index < -0.39 is 5.54 Å². The quantitative estimate of drug-likeness (QED) is 0.748. The second kappa shape index (κ2) is 11.0. The summed E-state index contributed by atoms with van der Waals surface area (Å²) >= 11 is 0. The third-order valence-electron chi connectivity index (χ3n) is 5.23. The molecule has 2 heterocycles. The minimum atomic E-state index is -0.885. The molecule has 1 aromatic carbocycles. The van der Waals surface area contributed by atoms with Gasteiger partial charge in [-0.3, -0.25) is 9.59 Å². The van der Waals surface area contributed by atoms with Crippen molar-refractivity contribution in [2.24, 2.45) is 5.73 Å². The molecular formula is C19H30Cl2N4O3. The highest BCUT2D eigenvalue weighted by Crippen LogP contribution is 2.21. The third-order valence-corrected chi connectivity index (χ3v) is 5.23. The number of hydrogen-bond donors (Lipinski definition) is 2. The molecule has 0 saturated carbocycles. The molecule has 1 aromatic rings. The fourth-order valence-electron chi connectivity index (χ4n) is 3.32. The normalized spacial score (nSPS) is 19.1. The van der Waals surface area contributed by atoms with E-state index in [1.54, 1.807) is 0 Å². The van der Waals surface area contributed by atoms with Crippen molar-refractivity contribution >= 4 is 42.3 Å². The Bertz CT molecular complexity index is 660. The minimum Gasteiger partial charge on any atom is -0.381 e. The van der Waals surface area contributed by atoms with Crippen molar-refractivity contribution in [2.45, 2.75) is 24.8 Å². The number of nitrogens with one attached hydrogen (secondary N) is 1. The highest BCUT2D eigenvalue weighted by Gasteiger charge is 2.35. The van der Waals surface area contributed by atoms with Gasteiger partial charge in [-0.05, 0) is 37.6 Å². The van der Waals surface area contributed by atoms with Gasteiger partial charge in [-0.2, -0.15) is 0 Å². The van der Waals surface area contributed by atoms with Crippen molar-refractivity contribution < 1.29 is 14.3 Å². The van der Waals surface area contributed by atoms with Crippen LogP contribution in [0.4, 0.5) is 5.69 Å². The molecule has 0 atom stereocenters. The van der Waals surface area contributed by atoms with Gasteiger partial charge in [0.05, 0.1) is 6.42 Å². The molecule has 0 aliphatic carbocycles. The smallest absolute Gasteiger partial charge is 0.244 e. The highest BCUT2D eigenvalue weighted by molar-refractivity contribution is 5.98. The molecule has 3 rings (SSSR count). The van der Waals surface area contributed by atoms with E-state index in [2.05, 4.69) is 17.3 Å². The Labute approximate surface area is 178 Å². The van der Waals surface area contributed by atoms with E-state index >= 15 is 0 Å². The number of carbonyl (C=O) groups excluding carboxylic acids is 2. The van der Waals surface area contributed by atoms with Gasteiger partial charge in [0.25, 0.3) is 0 Å². The van der Waals surface area contributed by atoms with Crippen molar-refractivity contribution in [3.05, 3.63) is 29.8 Å². The second-order valence-electron chi connectivity index (χ2n) is 7.28. The second-order valence-corrected chi connectivity index (χ2v) is 7.28. The lowest BCUT2D eigenvalue weighted by Gasteiger charge is -2.32. The number of nitrogens with two attached hydrogens (primary N) is 1. The summed E-state index contributed by atoms with van der Waals surface area (Å²) in [4.78, 5) is 29.1. The molecule has 0 bridgehead atoms. The van der Waals surface area contributed by atoms with Crippen molar-refractivity contribution in [1.82, 2.24) is 9.80 Å². The molecule has 0 unspecified atom stereocenters. The van der Waals surface area contributed by atoms with E-state index in [0.29, 0.717) is 38.2 Å². The van der Waals surface area contributed by atoms with Crippen LogP contribution in [0.25, 0.3) is 0 Å². The van der Waals surface area contributed by atoms with Gasteiger partial charge in [-0.15, -0.1) is 24.8 Å². The van der Waals surface area contributed by atoms with Crippen molar-refractivity contribution in [2.75, 3.05) is 51.8 Å². The number of amides is 2. The first-order valence-corrected chi connectivity index (χ1v) is 9.20. The van der Waals surface area contributed by atoms with Crippen LogP contribution >= 0.6 is 24.8 Å². The first-order chi connectivity index (χ1) is 12.5. The van der Waals surface area contributed by atoms with E-state index in [4.69, 9.17) is 10.5 Å². The topological polar surface area (TPSA) is 87.9 Å². The fraction of sp³-hybridized carbons (Fsp3) is 0.579. The number of anilines is 1. The molecule has 158 valence electrons. The van der Waals surface area contributed by atoms with E-state index in [1.807, 2.05) is 29.2 Å². The van der Waals surface area contributed by atoms with Crippen LogP contribution in [0.1, 0.15) is 18.4 Å². The van der Waals surface area contributed by atoms with Crippen molar-refractivity contribution in [3.63, 3.8) is 0 Å². The summed E-state index contributed by atoms with van der Waals surface area (Å²) in [6.07, 6.45) is 1.37. The van der Waals surface area contributed by atoms with Crippen LogP contribution in [-0.2, 0) is 20.7 Å². The molecule has 2 saturated heterocycles. The first kappa shape index (κ1) is 24.7. The Hall–Kier alpha value is -1.38. The van der Waals surface area contributed by atoms with Crippen LogP contribution in [-0.4, -0.2) is 73.6 Å². The van der Waals surface area contributed by atoms with Gasteiger partial charge >= 0.3 is 0 Å². The molecule has 9 heteroatoms. The lowest BCUT2D eigenvalue weighted by atomic mass is 9.90. The van der Waals surface area contributed by atoms with Crippen molar-refractivity contribution in [1.29, 1.82) is 0 Å². The Balaban J connectivity index is 0.00000196. The van der Waals surface area contributed by atoms with E-state index in [9.17, 15) is 9.59 Å². The van der Waals surface area contributed by atoms with Crippen LogP contribution in [0, 0.1) is 0 Å². The van der Waals surface area contributed by atoms with Gasteiger partial charge in [0.2, 0.25) is 11.8 Å². The van der Waals surface area contributed by atoms with Gasteiger partial charge in [-0.1, -0.05) is 12.1 Å². The fourth-order valence-corrected chi connectivity index (χ4v) is 3.32. The van der Waals surface area contributed by atoms with Crippen LogP contribution in [0.3, 0.4) is 0 Å². The molecular weight excluding hydrogens is 403 g/mol. The average molecular weight is 433 g/mol. The van der Waals surface area contributed by atoms with E-state index in [-0.39, 0.29) is 36.6 Å². The third kappa shape index (κ3) is 6.32. The monoisotopic (exact) mass is 432 g/mol. The number of piperazine rings is 1. The van der Waals surface area contributed by atoms with Crippen LogP contribution < -0.4 is 11.1 Å². The molecule has 7 nitrogen and oxygen atoms in total. The molecule has 28 heavy (non-hydrogen) atoms. The molecule has 2 aliphatic rings. The van der Waals surface area contributed by atoms with Gasteiger partial charge in [-0.25, -0.2) is 0 Å². The standard InChI is InChI=1S/C19H28N4O3.2ClH/c1-22-7-9-23(10-8-22)17(24)14-15-3-2-4-16(13-15)21-18(25)19(20)5-11-26-12-6-19;;/h2-4,13H,5-12,14,20H2,1H3,(H,21,25);2*1H. The maximum atomic E-state index is 12.5. The van der Waals surface area contributed by atoms with E-state index in [1.165, 1.54) is 0 Å². The number of halogens is 2. The summed E-state index contributed by atoms with van der Waals surface area (Å²) in [7, 11) is 2.07. The SMILES string of the molecule is CN1CCN(C(=O)Cc2cccc(NC(=O)C3(N)CCOCC3)c2)CC1.Cl.Cl. The summed E-state index contributed by atoms with van der Waals surface area (Å²) in [5.41, 5.74) is 6.91.